The van der Waals surface area contributed by atoms with Gasteiger partial charge in [0.05, 0.1) is 20.3 Å². The van der Waals surface area contributed by atoms with Gasteiger partial charge in [-0.15, -0.1) is 0 Å². The quantitative estimate of drug-likeness (QED) is 0.840. The van der Waals surface area contributed by atoms with Crippen LogP contribution in [0.3, 0.4) is 0 Å². The third-order valence-corrected chi connectivity index (χ3v) is 7.32. The molecule has 1 heterocycles. The fraction of sp³-hybridized carbons (Fsp3) is 0.696. The average Bonchev–Trinajstić information content (AvgIpc) is 2.99. The molecule has 1 atom stereocenters. The summed E-state index contributed by atoms with van der Waals surface area (Å²) >= 11 is 0. The number of benzene rings is 1. The molecule has 5 heteroatoms. The highest BCUT2D eigenvalue weighted by atomic mass is 16.5. The highest BCUT2D eigenvalue weighted by Crippen LogP contribution is 2.53. The number of nitrogens with zero attached hydrogens (tertiary/aromatic N) is 1. The Bertz CT molecular complexity index is 725. The lowest BCUT2D eigenvalue weighted by Crippen LogP contribution is -2.47. The number of carbonyl (C=O) groups excluding carboxylic acids is 1. The standard InChI is InChI=1S/C23H34N2O3.H2/c1-16(26)24-20-15-23(19-14-22(28-3)21(27-2)13-18(19)20)9-11-25(12-10-23)17-7-5-4-6-8-17;/h13-14,17,20H,4-12,15H2,1-3H3,(H,24,26);1H/t20-;/m0./s1. The van der Waals surface area contributed by atoms with Gasteiger partial charge in [-0.25, -0.2) is 0 Å². The Hall–Kier alpha value is -1.75. The van der Waals surface area contributed by atoms with Gasteiger partial charge in [0.2, 0.25) is 5.91 Å². The first-order chi connectivity index (χ1) is 13.6. The monoisotopic (exact) mass is 388 g/mol. The molecule has 0 bridgehead atoms. The number of ether oxygens (including phenoxy) is 2. The minimum atomic E-state index is 0. The van der Waals surface area contributed by atoms with Crippen LogP contribution in [-0.2, 0) is 10.2 Å². The summed E-state index contributed by atoms with van der Waals surface area (Å²) in [6, 6.07) is 5.10. The highest BCUT2D eigenvalue weighted by Gasteiger charge is 2.47. The lowest BCUT2D eigenvalue weighted by molar-refractivity contribution is -0.119. The number of methoxy groups -OCH3 is 2. The normalized spacial score (nSPS) is 24.8. The third-order valence-electron chi connectivity index (χ3n) is 7.32. The number of piperidine rings is 1. The molecule has 1 aromatic rings. The van der Waals surface area contributed by atoms with Crippen LogP contribution in [0.4, 0.5) is 0 Å². The summed E-state index contributed by atoms with van der Waals surface area (Å²) in [7, 11) is 3.37. The van der Waals surface area contributed by atoms with Crippen LogP contribution in [0.1, 0.15) is 76.9 Å². The largest absolute Gasteiger partial charge is 0.493 e. The first-order valence-corrected chi connectivity index (χ1v) is 10.8. The van der Waals surface area contributed by atoms with E-state index < -0.39 is 0 Å². The van der Waals surface area contributed by atoms with Crippen molar-refractivity contribution in [3.63, 3.8) is 0 Å². The number of hydrogen-bond donors (Lipinski definition) is 1. The molecular weight excluding hydrogens is 352 g/mol. The van der Waals surface area contributed by atoms with Crippen molar-refractivity contribution >= 4 is 5.91 Å². The maximum Gasteiger partial charge on any atom is 0.217 e. The van der Waals surface area contributed by atoms with Gasteiger partial charge in [0, 0.05) is 19.8 Å². The molecule has 1 saturated heterocycles. The zero-order valence-electron chi connectivity index (χ0n) is 17.6. The number of fused-ring (bicyclic) bond motifs is 2. The van der Waals surface area contributed by atoms with Gasteiger partial charge in [-0.2, -0.15) is 0 Å². The molecule has 3 aliphatic rings. The molecule has 1 amide bonds. The van der Waals surface area contributed by atoms with E-state index in [9.17, 15) is 4.79 Å². The van der Waals surface area contributed by atoms with Crippen molar-refractivity contribution in [1.29, 1.82) is 0 Å². The van der Waals surface area contributed by atoms with Crippen molar-refractivity contribution in [1.82, 2.24) is 10.2 Å². The van der Waals surface area contributed by atoms with Crippen LogP contribution in [0.15, 0.2) is 12.1 Å². The fourth-order valence-corrected chi connectivity index (χ4v) is 5.86. The topological polar surface area (TPSA) is 50.8 Å². The van der Waals surface area contributed by atoms with Crippen LogP contribution in [0.5, 0.6) is 11.5 Å². The minimum Gasteiger partial charge on any atom is -0.493 e. The highest BCUT2D eigenvalue weighted by molar-refractivity contribution is 5.74. The Morgan fingerprint density at radius 1 is 1.11 bits per heavy atom. The van der Waals surface area contributed by atoms with E-state index in [4.69, 9.17) is 9.47 Å². The first-order valence-electron chi connectivity index (χ1n) is 10.8. The van der Waals surface area contributed by atoms with Crippen LogP contribution >= 0.6 is 0 Å². The summed E-state index contributed by atoms with van der Waals surface area (Å²) in [4.78, 5) is 14.6. The molecule has 2 aliphatic carbocycles. The Labute approximate surface area is 170 Å². The van der Waals surface area contributed by atoms with E-state index in [1.807, 2.05) is 0 Å². The van der Waals surface area contributed by atoms with E-state index in [2.05, 4.69) is 22.3 Å². The summed E-state index contributed by atoms with van der Waals surface area (Å²) in [5.74, 6) is 1.56. The number of hydrogen-bond acceptors (Lipinski definition) is 4. The first kappa shape index (κ1) is 19.6. The molecular formula is C23H36N2O3. The molecule has 1 aromatic carbocycles. The van der Waals surface area contributed by atoms with Crippen molar-refractivity contribution in [3.05, 3.63) is 23.3 Å². The third kappa shape index (κ3) is 3.49. The van der Waals surface area contributed by atoms with E-state index in [0.717, 1.165) is 49.9 Å². The fourth-order valence-electron chi connectivity index (χ4n) is 5.86. The van der Waals surface area contributed by atoms with Gasteiger partial charge in [-0.1, -0.05) is 19.3 Å². The molecule has 0 aromatic heterocycles. The number of amides is 1. The molecule has 1 spiro atoms. The average molecular weight is 389 g/mol. The lowest BCUT2D eigenvalue weighted by Gasteiger charge is -2.44. The van der Waals surface area contributed by atoms with Gasteiger partial charge < -0.3 is 19.7 Å². The summed E-state index contributed by atoms with van der Waals surface area (Å²) in [6.07, 6.45) is 10.2. The van der Waals surface area contributed by atoms with E-state index >= 15 is 0 Å². The van der Waals surface area contributed by atoms with Gasteiger partial charge in [0.1, 0.15) is 0 Å². The SMILES string of the molecule is COc1cc2c(cc1OC)C1(CCN(C3CCCCC3)CC1)C[C@@H]2NC(C)=O.[HH]. The van der Waals surface area contributed by atoms with Crippen LogP contribution < -0.4 is 14.8 Å². The van der Waals surface area contributed by atoms with Crippen LogP contribution in [0.2, 0.25) is 0 Å². The van der Waals surface area contributed by atoms with Gasteiger partial charge in [0.25, 0.3) is 0 Å². The predicted molar refractivity (Wildman–Crippen MR) is 112 cm³/mol. The summed E-state index contributed by atoms with van der Waals surface area (Å²) in [6.45, 7) is 3.92. The molecule has 1 saturated carbocycles. The van der Waals surface area contributed by atoms with Gasteiger partial charge in [-0.3, -0.25) is 4.79 Å². The molecule has 28 heavy (non-hydrogen) atoms. The molecule has 156 valence electrons. The minimum absolute atomic E-state index is 0. The number of likely N-dealkylation sites (tertiary alicyclic amines) is 1. The van der Waals surface area contributed by atoms with Gasteiger partial charge >= 0.3 is 0 Å². The number of carbonyl (C=O) groups is 1. The second-order valence-electron chi connectivity index (χ2n) is 8.86. The second-order valence-corrected chi connectivity index (χ2v) is 8.86. The van der Waals surface area contributed by atoms with E-state index in [1.54, 1.807) is 21.1 Å². The molecule has 5 nitrogen and oxygen atoms in total. The van der Waals surface area contributed by atoms with Crippen molar-refractivity contribution in [2.75, 3.05) is 27.3 Å². The Kier molecular flexibility index (Phi) is 5.55. The zero-order chi connectivity index (χ0) is 19.7. The summed E-state index contributed by atoms with van der Waals surface area (Å²) < 4.78 is 11.1. The van der Waals surface area contributed by atoms with E-state index in [-0.39, 0.29) is 18.8 Å². The zero-order valence-corrected chi connectivity index (χ0v) is 17.6. The Morgan fingerprint density at radius 3 is 2.36 bits per heavy atom. The summed E-state index contributed by atoms with van der Waals surface area (Å²) in [5, 5.41) is 3.18. The van der Waals surface area contributed by atoms with Crippen molar-refractivity contribution in [3.8, 4) is 11.5 Å². The second kappa shape index (κ2) is 7.94. The van der Waals surface area contributed by atoms with Crippen LogP contribution in [-0.4, -0.2) is 44.2 Å². The predicted octanol–water partition coefficient (Wildman–Crippen LogP) is 4.20. The maximum atomic E-state index is 11.8. The van der Waals surface area contributed by atoms with Crippen molar-refractivity contribution in [2.24, 2.45) is 0 Å². The number of rotatable bonds is 4. The van der Waals surface area contributed by atoms with Crippen LogP contribution in [0, 0.1) is 0 Å². The smallest absolute Gasteiger partial charge is 0.217 e. The van der Waals surface area contributed by atoms with E-state index in [1.165, 1.54) is 43.2 Å². The molecule has 4 rings (SSSR count). The molecule has 0 unspecified atom stereocenters. The van der Waals surface area contributed by atoms with E-state index in [0.29, 0.717) is 0 Å². The summed E-state index contributed by atoms with van der Waals surface area (Å²) in [5.41, 5.74) is 2.69. The number of nitrogens with one attached hydrogen (secondary N) is 1. The van der Waals surface area contributed by atoms with Crippen molar-refractivity contribution < 1.29 is 15.7 Å². The Morgan fingerprint density at radius 2 is 1.75 bits per heavy atom. The molecule has 2 fully saturated rings. The van der Waals surface area contributed by atoms with Crippen molar-refractivity contribution in [2.45, 2.75) is 75.8 Å². The van der Waals surface area contributed by atoms with Crippen LogP contribution in [0.25, 0.3) is 0 Å². The molecule has 1 N–H and O–H groups in total. The molecule has 1 aliphatic heterocycles. The van der Waals surface area contributed by atoms with Gasteiger partial charge in [0.15, 0.2) is 11.5 Å². The van der Waals surface area contributed by atoms with Gasteiger partial charge in [-0.05, 0) is 68.5 Å². The Balaban J connectivity index is 0.00000240. The molecule has 0 radical (unpaired) electrons. The lowest BCUT2D eigenvalue weighted by atomic mass is 9.73. The maximum absolute atomic E-state index is 11.8.